The summed E-state index contributed by atoms with van der Waals surface area (Å²) in [7, 11) is -1.66. The maximum atomic E-state index is 10.1. The van der Waals surface area contributed by atoms with Crippen LogP contribution in [0.4, 0.5) is 4.79 Å². The second-order valence-electron chi connectivity index (χ2n) is 2.44. The summed E-state index contributed by atoms with van der Waals surface area (Å²) >= 11 is 5.85. The number of hydrogen-bond donors (Lipinski definition) is 2. The number of halogens is 1. The Kier molecular flexibility index (Phi) is 3.00. The molecule has 0 aliphatic rings. The molecule has 0 saturated heterocycles. The van der Waals surface area contributed by atoms with Crippen LogP contribution in [0.15, 0.2) is 0 Å². The Balaban J connectivity index is 3.39. The standard InChI is InChI=1S/C4H11ClN2OSi/c1-9(2,5)3-7-4(6)8/h3H2,1-2H3,(H3,6,7,8). The lowest BCUT2D eigenvalue weighted by atomic mass is 11.0. The lowest BCUT2D eigenvalue weighted by molar-refractivity contribution is 0.250. The van der Waals surface area contributed by atoms with Crippen molar-refractivity contribution in [1.82, 2.24) is 5.32 Å². The largest absolute Gasteiger partial charge is 0.352 e. The van der Waals surface area contributed by atoms with E-state index in [1.807, 2.05) is 13.1 Å². The fourth-order valence-corrected chi connectivity index (χ4v) is 1.09. The van der Waals surface area contributed by atoms with Gasteiger partial charge in [0, 0.05) is 6.17 Å². The number of nitrogens with two attached hydrogens (primary N) is 1. The van der Waals surface area contributed by atoms with Crippen LogP contribution in [0.2, 0.25) is 13.1 Å². The predicted molar refractivity (Wildman–Crippen MR) is 40.9 cm³/mol. The molecule has 0 spiro atoms. The van der Waals surface area contributed by atoms with E-state index in [0.29, 0.717) is 6.17 Å². The summed E-state index contributed by atoms with van der Waals surface area (Å²) in [6, 6.07) is -0.503. The second kappa shape index (κ2) is 3.08. The third kappa shape index (κ3) is 7.78. The summed E-state index contributed by atoms with van der Waals surface area (Å²) in [5.74, 6) is 0. The molecule has 0 radical (unpaired) electrons. The summed E-state index contributed by atoms with van der Waals surface area (Å²) in [5, 5.41) is 2.45. The molecule has 0 aliphatic carbocycles. The fourth-order valence-electron chi connectivity index (χ4n) is 0.297. The maximum Gasteiger partial charge on any atom is 0.311 e. The van der Waals surface area contributed by atoms with Crippen molar-refractivity contribution in [2.75, 3.05) is 6.17 Å². The molecule has 0 rings (SSSR count). The lowest BCUT2D eigenvalue weighted by Gasteiger charge is -2.11. The number of hydrogen-bond acceptors (Lipinski definition) is 1. The van der Waals surface area contributed by atoms with Crippen molar-refractivity contribution in [3.63, 3.8) is 0 Å². The van der Waals surface area contributed by atoms with Crippen molar-refractivity contribution in [2.24, 2.45) is 5.73 Å². The molecule has 0 unspecified atom stereocenters. The van der Waals surface area contributed by atoms with E-state index in [2.05, 4.69) is 5.32 Å². The number of primary amides is 1. The molecule has 0 heterocycles. The minimum atomic E-state index is -1.66. The minimum absolute atomic E-state index is 0.503. The summed E-state index contributed by atoms with van der Waals surface area (Å²) < 4.78 is 0. The van der Waals surface area contributed by atoms with E-state index in [1.165, 1.54) is 0 Å². The van der Waals surface area contributed by atoms with Gasteiger partial charge in [0.25, 0.3) is 0 Å². The Bertz CT molecular complexity index is 112. The number of urea groups is 1. The molecular weight excluding hydrogens is 156 g/mol. The predicted octanol–water partition coefficient (Wildman–Crippen LogP) is 0.638. The van der Waals surface area contributed by atoms with Crippen LogP contribution in [0.25, 0.3) is 0 Å². The van der Waals surface area contributed by atoms with Crippen LogP contribution < -0.4 is 11.1 Å². The molecule has 5 heteroatoms. The molecule has 0 atom stereocenters. The third-order valence-corrected chi connectivity index (χ3v) is 2.10. The Morgan fingerprint density at radius 3 is 2.33 bits per heavy atom. The molecule has 3 N–H and O–H groups in total. The average molecular weight is 167 g/mol. The van der Waals surface area contributed by atoms with E-state index < -0.39 is 13.4 Å². The van der Waals surface area contributed by atoms with Crippen molar-refractivity contribution in [3.8, 4) is 0 Å². The SMILES string of the molecule is C[Si](C)(Cl)CNC(N)=O. The van der Waals surface area contributed by atoms with Gasteiger partial charge in [-0.15, -0.1) is 0 Å². The number of amides is 2. The molecule has 3 nitrogen and oxygen atoms in total. The molecule has 0 aromatic carbocycles. The second-order valence-corrected chi connectivity index (χ2v) is 9.30. The Hall–Kier alpha value is -0.223. The van der Waals surface area contributed by atoms with E-state index in [1.54, 1.807) is 0 Å². The Morgan fingerprint density at radius 1 is 1.78 bits per heavy atom. The van der Waals surface area contributed by atoms with Crippen LogP contribution in [0.1, 0.15) is 0 Å². The summed E-state index contributed by atoms with van der Waals surface area (Å²) in [6.45, 7) is 3.87. The molecule has 0 aromatic heterocycles. The van der Waals surface area contributed by atoms with E-state index >= 15 is 0 Å². The highest BCUT2D eigenvalue weighted by molar-refractivity contribution is 7.19. The topological polar surface area (TPSA) is 55.1 Å². The number of carbonyl (C=O) groups is 1. The zero-order valence-electron chi connectivity index (χ0n) is 5.57. The van der Waals surface area contributed by atoms with Gasteiger partial charge in [-0.3, -0.25) is 0 Å². The molecule has 0 saturated carbocycles. The fraction of sp³-hybridized carbons (Fsp3) is 0.750. The van der Waals surface area contributed by atoms with Gasteiger partial charge in [0.2, 0.25) is 0 Å². The first-order valence-corrected chi connectivity index (χ1v) is 6.86. The zero-order chi connectivity index (χ0) is 7.49. The van der Waals surface area contributed by atoms with Gasteiger partial charge in [-0.05, 0) is 0 Å². The molecular formula is C4H11ClN2OSi. The molecule has 0 bridgehead atoms. The van der Waals surface area contributed by atoms with Gasteiger partial charge in [-0.25, -0.2) is 4.79 Å². The quantitative estimate of drug-likeness (QED) is 0.459. The van der Waals surface area contributed by atoms with E-state index in [0.717, 1.165) is 0 Å². The van der Waals surface area contributed by atoms with Crippen LogP contribution in [0.3, 0.4) is 0 Å². The highest BCUT2D eigenvalue weighted by Crippen LogP contribution is 2.03. The Morgan fingerprint density at radius 2 is 2.22 bits per heavy atom. The monoisotopic (exact) mass is 166 g/mol. The first kappa shape index (κ1) is 8.78. The molecule has 0 aromatic rings. The van der Waals surface area contributed by atoms with Crippen molar-refractivity contribution >= 4 is 24.5 Å². The van der Waals surface area contributed by atoms with Crippen molar-refractivity contribution in [2.45, 2.75) is 13.1 Å². The van der Waals surface area contributed by atoms with Gasteiger partial charge < -0.3 is 11.1 Å². The normalized spacial score (nSPS) is 11.0. The maximum absolute atomic E-state index is 10.1. The number of nitrogens with one attached hydrogen (secondary N) is 1. The third-order valence-electron chi connectivity index (χ3n) is 0.683. The van der Waals surface area contributed by atoms with Crippen molar-refractivity contribution < 1.29 is 4.79 Å². The van der Waals surface area contributed by atoms with E-state index in [9.17, 15) is 4.79 Å². The Labute approximate surface area is 60.3 Å². The van der Waals surface area contributed by atoms with Gasteiger partial charge in [0.1, 0.15) is 0 Å². The smallest absolute Gasteiger partial charge is 0.311 e. The molecule has 54 valence electrons. The van der Waals surface area contributed by atoms with E-state index in [-0.39, 0.29) is 0 Å². The summed E-state index contributed by atoms with van der Waals surface area (Å²) in [6.07, 6.45) is 0.532. The van der Waals surface area contributed by atoms with E-state index in [4.69, 9.17) is 16.8 Å². The molecule has 0 aliphatic heterocycles. The zero-order valence-corrected chi connectivity index (χ0v) is 7.33. The van der Waals surface area contributed by atoms with Gasteiger partial charge in [0.15, 0.2) is 7.38 Å². The first-order chi connectivity index (χ1) is 3.92. The number of rotatable bonds is 2. The lowest BCUT2D eigenvalue weighted by Crippen LogP contribution is -2.40. The van der Waals surface area contributed by atoms with Crippen molar-refractivity contribution in [1.29, 1.82) is 0 Å². The highest BCUT2D eigenvalue weighted by Gasteiger charge is 2.16. The van der Waals surface area contributed by atoms with Crippen LogP contribution in [0, 0.1) is 0 Å². The summed E-state index contributed by atoms with van der Waals surface area (Å²) in [5.41, 5.74) is 4.81. The molecule has 2 amide bonds. The summed E-state index contributed by atoms with van der Waals surface area (Å²) in [4.78, 5) is 10.1. The van der Waals surface area contributed by atoms with Gasteiger partial charge >= 0.3 is 6.03 Å². The molecule has 0 fully saturated rings. The van der Waals surface area contributed by atoms with Gasteiger partial charge in [-0.1, -0.05) is 13.1 Å². The van der Waals surface area contributed by atoms with Gasteiger partial charge in [0.05, 0.1) is 0 Å². The minimum Gasteiger partial charge on any atom is -0.352 e. The average Bonchev–Trinajstić information content (AvgIpc) is 1.59. The van der Waals surface area contributed by atoms with Crippen LogP contribution in [-0.4, -0.2) is 19.6 Å². The van der Waals surface area contributed by atoms with Gasteiger partial charge in [-0.2, -0.15) is 11.1 Å². The number of carbonyl (C=O) groups excluding carboxylic acids is 1. The van der Waals surface area contributed by atoms with Crippen molar-refractivity contribution in [3.05, 3.63) is 0 Å². The molecule has 9 heavy (non-hydrogen) atoms. The van der Waals surface area contributed by atoms with Crippen LogP contribution in [-0.2, 0) is 0 Å². The highest BCUT2D eigenvalue weighted by atomic mass is 35.6. The van der Waals surface area contributed by atoms with Crippen LogP contribution >= 0.6 is 11.1 Å². The van der Waals surface area contributed by atoms with Crippen LogP contribution in [0.5, 0.6) is 0 Å². The first-order valence-electron chi connectivity index (χ1n) is 2.64.